The molecule has 1 saturated heterocycles. The molecule has 1 aliphatic rings. The minimum atomic E-state index is -3.95. The summed E-state index contributed by atoms with van der Waals surface area (Å²) in [6, 6.07) is 14.6. The Bertz CT molecular complexity index is 1120. The molecule has 0 radical (unpaired) electrons. The molecule has 2 aromatic rings. The molecule has 1 heterocycles. The van der Waals surface area contributed by atoms with Crippen LogP contribution in [0.25, 0.3) is 0 Å². The fraction of sp³-hybridized carbons (Fsp3) is 0.304. The zero-order chi connectivity index (χ0) is 23.1. The normalized spacial score (nSPS) is 14.8. The fourth-order valence-electron chi connectivity index (χ4n) is 3.63. The molecular formula is C23H25FN4O3S. The molecule has 0 atom stereocenters. The molecule has 3 rings (SSSR count). The van der Waals surface area contributed by atoms with Gasteiger partial charge in [-0.25, -0.2) is 12.8 Å². The molecule has 7 nitrogen and oxygen atoms in total. The van der Waals surface area contributed by atoms with Gasteiger partial charge in [0.15, 0.2) is 0 Å². The van der Waals surface area contributed by atoms with Crippen molar-refractivity contribution in [3.8, 4) is 6.07 Å². The smallest absolute Gasteiger partial charge is 0.246 e. The summed E-state index contributed by atoms with van der Waals surface area (Å²) in [7, 11) is -3.95. The number of halogens is 1. The van der Waals surface area contributed by atoms with Gasteiger partial charge in [-0.1, -0.05) is 30.3 Å². The Balaban J connectivity index is 1.60. The molecule has 0 unspecified atom stereocenters. The lowest BCUT2D eigenvalue weighted by atomic mass is 10.1. The number of rotatable bonds is 8. The molecule has 0 N–H and O–H groups in total. The lowest BCUT2D eigenvalue weighted by Crippen LogP contribution is -2.52. The third-order valence-corrected chi connectivity index (χ3v) is 7.19. The molecule has 32 heavy (non-hydrogen) atoms. The van der Waals surface area contributed by atoms with Crippen molar-refractivity contribution in [3.05, 3.63) is 78.1 Å². The van der Waals surface area contributed by atoms with Gasteiger partial charge >= 0.3 is 0 Å². The average molecular weight is 457 g/mol. The Morgan fingerprint density at radius 3 is 2.53 bits per heavy atom. The van der Waals surface area contributed by atoms with Gasteiger partial charge in [-0.2, -0.15) is 9.57 Å². The van der Waals surface area contributed by atoms with E-state index in [9.17, 15) is 17.6 Å². The van der Waals surface area contributed by atoms with E-state index in [-0.39, 0.29) is 43.5 Å². The van der Waals surface area contributed by atoms with Gasteiger partial charge in [-0.3, -0.25) is 9.69 Å². The molecule has 1 fully saturated rings. The van der Waals surface area contributed by atoms with Gasteiger partial charge in [0.1, 0.15) is 10.7 Å². The summed E-state index contributed by atoms with van der Waals surface area (Å²) in [4.78, 5) is 16.0. The first-order valence-electron chi connectivity index (χ1n) is 10.2. The van der Waals surface area contributed by atoms with Gasteiger partial charge in [-0.15, -0.1) is 6.58 Å². The van der Waals surface area contributed by atoms with Crippen LogP contribution in [-0.2, 0) is 21.4 Å². The first kappa shape index (κ1) is 23.6. The SMILES string of the molecule is C=CCN(CC(=O)N1CCN(S(=O)(=O)c2ccccc2F)CC1)Cc1cccc(C#N)c1. The van der Waals surface area contributed by atoms with Crippen molar-refractivity contribution >= 4 is 15.9 Å². The van der Waals surface area contributed by atoms with E-state index in [1.165, 1.54) is 22.5 Å². The van der Waals surface area contributed by atoms with Crippen LogP contribution in [-0.4, -0.2) is 67.7 Å². The molecule has 0 aliphatic carbocycles. The summed E-state index contributed by atoms with van der Waals surface area (Å²) in [5.41, 5.74) is 1.47. The highest BCUT2D eigenvalue weighted by Crippen LogP contribution is 2.20. The van der Waals surface area contributed by atoms with Gasteiger partial charge in [0, 0.05) is 39.3 Å². The highest BCUT2D eigenvalue weighted by molar-refractivity contribution is 7.89. The second-order valence-corrected chi connectivity index (χ2v) is 9.39. The molecule has 168 valence electrons. The lowest BCUT2D eigenvalue weighted by Gasteiger charge is -2.35. The Labute approximate surface area is 188 Å². The van der Waals surface area contributed by atoms with Crippen molar-refractivity contribution in [3.63, 3.8) is 0 Å². The number of hydrogen-bond acceptors (Lipinski definition) is 5. The number of carbonyl (C=O) groups excluding carboxylic acids is 1. The van der Waals surface area contributed by atoms with E-state index in [1.54, 1.807) is 29.2 Å². The lowest BCUT2D eigenvalue weighted by molar-refractivity contribution is -0.133. The van der Waals surface area contributed by atoms with Crippen LogP contribution in [0.5, 0.6) is 0 Å². The monoisotopic (exact) mass is 456 g/mol. The zero-order valence-corrected chi connectivity index (χ0v) is 18.5. The van der Waals surface area contributed by atoms with E-state index in [4.69, 9.17) is 5.26 Å². The Morgan fingerprint density at radius 2 is 1.88 bits per heavy atom. The predicted molar refractivity (Wildman–Crippen MR) is 118 cm³/mol. The molecule has 9 heteroatoms. The van der Waals surface area contributed by atoms with Crippen LogP contribution in [0.2, 0.25) is 0 Å². The maximum Gasteiger partial charge on any atom is 0.246 e. The standard InChI is InChI=1S/C23H25FN4O3S/c1-2-10-26(17-20-7-5-6-19(15-20)16-25)18-23(29)27-11-13-28(14-12-27)32(30,31)22-9-4-3-8-21(22)24/h2-9,15H,1,10-14,17-18H2. The predicted octanol–water partition coefficient (Wildman–Crippen LogP) is 2.22. The topological polar surface area (TPSA) is 84.7 Å². The fourth-order valence-corrected chi connectivity index (χ4v) is 5.11. The van der Waals surface area contributed by atoms with E-state index in [1.807, 2.05) is 11.0 Å². The number of piperazine rings is 1. The molecule has 2 aromatic carbocycles. The number of hydrogen-bond donors (Lipinski definition) is 0. The first-order valence-corrected chi connectivity index (χ1v) is 11.6. The van der Waals surface area contributed by atoms with E-state index in [0.717, 1.165) is 11.6 Å². The van der Waals surface area contributed by atoms with Gasteiger partial charge in [0.2, 0.25) is 15.9 Å². The van der Waals surface area contributed by atoms with Crippen LogP contribution in [0.15, 0.2) is 66.1 Å². The van der Waals surface area contributed by atoms with Crippen LogP contribution in [0.3, 0.4) is 0 Å². The maximum atomic E-state index is 14.0. The minimum Gasteiger partial charge on any atom is -0.339 e. The van der Waals surface area contributed by atoms with Crippen LogP contribution >= 0.6 is 0 Å². The summed E-state index contributed by atoms with van der Waals surface area (Å²) < 4.78 is 40.7. The van der Waals surface area contributed by atoms with Crippen molar-refractivity contribution in [1.29, 1.82) is 5.26 Å². The largest absolute Gasteiger partial charge is 0.339 e. The number of sulfonamides is 1. The number of amides is 1. The van der Waals surface area contributed by atoms with Crippen molar-refractivity contribution in [2.24, 2.45) is 0 Å². The molecule has 1 aliphatic heterocycles. The summed E-state index contributed by atoms with van der Waals surface area (Å²) in [6.45, 7) is 5.54. The molecule has 0 aromatic heterocycles. The van der Waals surface area contributed by atoms with Gasteiger partial charge in [0.25, 0.3) is 0 Å². The highest BCUT2D eigenvalue weighted by Gasteiger charge is 2.32. The zero-order valence-electron chi connectivity index (χ0n) is 17.7. The van der Waals surface area contributed by atoms with E-state index in [2.05, 4.69) is 12.6 Å². The van der Waals surface area contributed by atoms with Gasteiger partial charge in [-0.05, 0) is 29.8 Å². The summed E-state index contributed by atoms with van der Waals surface area (Å²) >= 11 is 0. The molecular weight excluding hydrogens is 431 g/mol. The molecule has 1 amide bonds. The first-order chi connectivity index (χ1) is 15.3. The average Bonchev–Trinajstić information content (AvgIpc) is 2.79. The van der Waals surface area contributed by atoms with Gasteiger partial charge < -0.3 is 4.90 Å². The third-order valence-electron chi connectivity index (χ3n) is 5.25. The van der Waals surface area contributed by atoms with Crippen LogP contribution < -0.4 is 0 Å². The van der Waals surface area contributed by atoms with Gasteiger partial charge in [0.05, 0.1) is 18.2 Å². The maximum absolute atomic E-state index is 14.0. The van der Waals surface area contributed by atoms with Crippen LogP contribution in [0.4, 0.5) is 4.39 Å². The number of benzene rings is 2. The van der Waals surface area contributed by atoms with Crippen molar-refractivity contribution in [1.82, 2.24) is 14.1 Å². The van der Waals surface area contributed by atoms with E-state index in [0.29, 0.717) is 18.7 Å². The number of nitriles is 1. The van der Waals surface area contributed by atoms with Crippen molar-refractivity contribution < 1.29 is 17.6 Å². The summed E-state index contributed by atoms with van der Waals surface area (Å²) in [5, 5.41) is 9.07. The summed E-state index contributed by atoms with van der Waals surface area (Å²) in [5.74, 6) is -0.905. The quantitative estimate of drug-likeness (QED) is 0.569. The van der Waals surface area contributed by atoms with Crippen LogP contribution in [0, 0.1) is 17.1 Å². The minimum absolute atomic E-state index is 0.105. The molecule has 0 bridgehead atoms. The molecule has 0 spiro atoms. The Kier molecular flexibility index (Phi) is 7.75. The second kappa shape index (κ2) is 10.5. The van der Waals surface area contributed by atoms with E-state index < -0.39 is 15.8 Å². The molecule has 0 saturated carbocycles. The Hall–Kier alpha value is -3.06. The van der Waals surface area contributed by atoms with Crippen molar-refractivity contribution in [2.75, 3.05) is 39.3 Å². The van der Waals surface area contributed by atoms with Crippen molar-refractivity contribution in [2.45, 2.75) is 11.4 Å². The summed E-state index contributed by atoms with van der Waals surface area (Å²) in [6.07, 6.45) is 1.71. The number of nitrogens with zero attached hydrogens (tertiary/aromatic N) is 4. The number of carbonyl (C=O) groups is 1. The van der Waals surface area contributed by atoms with Crippen LogP contribution in [0.1, 0.15) is 11.1 Å². The Morgan fingerprint density at radius 1 is 1.16 bits per heavy atom. The third kappa shape index (κ3) is 5.59. The second-order valence-electron chi connectivity index (χ2n) is 7.49. The van der Waals surface area contributed by atoms with E-state index >= 15 is 0 Å². The highest BCUT2D eigenvalue weighted by atomic mass is 32.2.